The highest BCUT2D eigenvalue weighted by atomic mass is 79.9. The lowest BCUT2D eigenvalue weighted by atomic mass is 10.1. The first-order valence-electron chi connectivity index (χ1n) is 10.2. The summed E-state index contributed by atoms with van der Waals surface area (Å²) in [6, 6.07) is 7.85. The molecule has 0 amide bonds. The number of halogens is 2. The molecule has 0 aliphatic heterocycles. The molecule has 0 aliphatic rings. The van der Waals surface area contributed by atoms with Gasteiger partial charge in [0.1, 0.15) is 5.82 Å². The standard InChI is InChI=1S/C22H20Br2N4O6/c1-4-11(2)20-26-17-6-5-14(23)8-16(17)21(29)27(20)25-10-13-7-15(24)9-18(28(32)33)19(13)34-12(3)22(30)31/h5-12H,4H2,1-3H3,(H,30,31)/t11-,12-/m0/s1. The Balaban J connectivity index is 2.25. The zero-order valence-corrected chi connectivity index (χ0v) is 21.5. The van der Waals surface area contributed by atoms with Gasteiger partial charge in [0, 0.05) is 26.5 Å². The Hall–Kier alpha value is -3.12. The molecular formula is C22H20Br2N4O6. The number of benzene rings is 2. The Bertz CT molecular complexity index is 1370. The van der Waals surface area contributed by atoms with E-state index in [2.05, 4.69) is 41.9 Å². The highest BCUT2D eigenvalue weighted by molar-refractivity contribution is 9.10. The van der Waals surface area contributed by atoms with Crippen LogP contribution < -0.4 is 10.3 Å². The van der Waals surface area contributed by atoms with Gasteiger partial charge < -0.3 is 9.84 Å². The SMILES string of the molecule is CC[C@H](C)c1nc2ccc(Br)cc2c(=O)n1N=Cc1cc(Br)cc([N+](=O)[O-])c1O[C@@H](C)C(=O)O. The maximum absolute atomic E-state index is 13.3. The van der Waals surface area contributed by atoms with Crippen LogP contribution in [0.4, 0.5) is 5.69 Å². The molecule has 0 fully saturated rings. The van der Waals surface area contributed by atoms with E-state index in [9.17, 15) is 24.8 Å². The van der Waals surface area contributed by atoms with Crippen LogP contribution in [0.25, 0.3) is 10.9 Å². The van der Waals surface area contributed by atoms with Gasteiger partial charge in [-0.05, 0) is 37.6 Å². The van der Waals surface area contributed by atoms with Crippen molar-refractivity contribution in [2.45, 2.75) is 39.2 Å². The number of carboxylic acids is 1. The van der Waals surface area contributed by atoms with Crippen molar-refractivity contribution < 1.29 is 19.6 Å². The van der Waals surface area contributed by atoms with Gasteiger partial charge in [0.05, 0.1) is 22.0 Å². The van der Waals surface area contributed by atoms with Gasteiger partial charge in [-0.2, -0.15) is 9.78 Å². The second-order valence-corrected chi connectivity index (χ2v) is 9.33. The van der Waals surface area contributed by atoms with E-state index in [0.29, 0.717) is 32.1 Å². The molecule has 0 radical (unpaired) electrons. The quantitative estimate of drug-likeness (QED) is 0.218. The molecule has 0 aliphatic carbocycles. The predicted octanol–water partition coefficient (Wildman–Crippen LogP) is 5.08. The highest BCUT2D eigenvalue weighted by Crippen LogP contribution is 2.34. The molecule has 0 bridgehead atoms. The van der Waals surface area contributed by atoms with E-state index in [1.807, 2.05) is 13.8 Å². The number of fused-ring (bicyclic) bond motifs is 1. The first-order valence-corrected chi connectivity index (χ1v) is 11.8. The van der Waals surface area contributed by atoms with E-state index in [0.717, 1.165) is 4.68 Å². The number of hydrogen-bond donors (Lipinski definition) is 1. The number of aliphatic carboxylic acids is 1. The van der Waals surface area contributed by atoms with Crippen molar-refractivity contribution in [3.8, 4) is 5.75 Å². The van der Waals surface area contributed by atoms with Gasteiger partial charge in [0.2, 0.25) is 5.75 Å². The van der Waals surface area contributed by atoms with Crippen LogP contribution in [0.5, 0.6) is 5.75 Å². The van der Waals surface area contributed by atoms with Crippen molar-refractivity contribution in [2.75, 3.05) is 0 Å². The van der Waals surface area contributed by atoms with Crippen LogP contribution in [0.1, 0.15) is 44.5 Å². The lowest BCUT2D eigenvalue weighted by Crippen LogP contribution is -2.25. The summed E-state index contributed by atoms with van der Waals surface area (Å²) in [6.45, 7) is 5.12. The maximum Gasteiger partial charge on any atom is 0.344 e. The van der Waals surface area contributed by atoms with E-state index in [-0.39, 0.29) is 17.2 Å². The van der Waals surface area contributed by atoms with Crippen LogP contribution in [0, 0.1) is 10.1 Å². The zero-order chi connectivity index (χ0) is 25.2. The molecule has 0 saturated carbocycles. The molecule has 3 aromatic rings. The van der Waals surface area contributed by atoms with Gasteiger partial charge in [-0.1, -0.05) is 45.7 Å². The van der Waals surface area contributed by atoms with Crippen LogP contribution in [0.15, 0.2) is 49.2 Å². The van der Waals surface area contributed by atoms with Gasteiger partial charge in [0.15, 0.2) is 6.10 Å². The number of nitro benzene ring substituents is 1. The number of hydrogen-bond acceptors (Lipinski definition) is 7. The third-order valence-electron chi connectivity index (χ3n) is 5.10. The minimum Gasteiger partial charge on any atom is -0.479 e. The summed E-state index contributed by atoms with van der Waals surface area (Å²) in [5, 5.41) is 25.5. The molecule has 10 nitrogen and oxygen atoms in total. The fraction of sp³-hybridized carbons (Fsp3) is 0.273. The molecule has 3 rings (SSSR count). The summed E-state index contributed by atoms with van der Waals surface area (Å²) in [7, 11) is 0. The number of ether oxygens (including phenoxy) is 1. The number of carboxylic acid groups (broad SMARTS) is 1. The van der Waals surface area contributed by atoms with Crippen LogP contribution in [-0.4, -0.2) is 38.0 Å². The fourth-order valence-corrected chi connectivity index (χ4v) is 3.91. The Morgan fingerprint density at radius 1 is 1.29 bits per heavy atom. The zero-order valence-electron chi connectivity index (χ0n) is 18.4. The topological polar surface area (TPSA) is 137 Å². The summed E-state index contributed by atoms with van der Waals surface area (Å²) in [6.07, 6.45) is 0.558. The van der Waals surface area contributed by atoms with Crippen LogP contribution >= 0.6 is 31.9 Å². The minimum absolute atomic E-state index is 0.113. The maximum atomic E-state index is 13.3. The molecular weight excluding hydrogens is 576 g/mol. The van der Waals surface area contributed by atoms with Gasteiger partial charge in [-0.25, -0.2) is 9.78 Å². The van der Waals surface area contributed by atoms with Gasteiger partial charge >= 0.3 is 11.7 Å². The van der Waals surface area contributed by atoms with Gasteiger partial charge in [-0.3, -0.25) is 14.9 Å². The summed E-state index contributed by atoms with van der Waals surface area (Å²) < 4.78 is 7.60. The monoisotopic (exact) mass is 594 g/mol. The fourth-order valence-electron chi connectivity index (χ4n) is 3.09. The smallest absolute Gasteiger partial charge is 0.344 e. The Labute approximate surface area is 210 Å². The summed E-state index contributed by atoms with van der Waals surface area (Å²) in [4.78, 5) is 40.1. The molecule has 1 heterocycles. The molecule has 0 saturated heterocycles. The van der Waals surface area contributed by atoms with Crippen LogP contribution in [-0.2, 0) is 4.79 Å². The summed E-state index contributed by atoms with van der Waals surface area (Å²) in [5.74, 6) is -1.26. The normalized spacial score (nSPS) is 13.2. The van der Waals surface area contributed by atoms with E-state index < -0.39 is 28.2 Å². The van der Waals surface area contributed by atoms with Gasteiger partial charge in [-0.15, -0.1) is 0 Å². The first-order chi connectivity index (χ1) is 16.0. The van der Waals surface area contributed by atoms with Crippen molar-refractivity contribution >= 4 is 60.6 Å². The number of nitro groups is 1. The second-order valence-electron chi connectivity index (χ2n) is 7.50. The van der Waals surface area contributed by atoms with Crippen molar-refractivity contribution in [2.24, 2.45) is 5.10 Å². The Morgan fingerprint density at radius 3 is 2.62 bits per heavy atom. The molecule has 0 spiro atoms. The van der Waals surface area contributed by atoms with E-state index in [4.69, 9.17) is 4.74 Å². The van der Waals surface area contributed by atoms with Crippen LogP contribution in [0.2, 0.25) is 0 Å². The lowest BCUT2D eigenvalue weighted by Gasteiger charge is -2.15. The molecule has 2 atom stereocenters. The molecule has 178 valence electrons. The minimum atomic E-state index is -1.36. The van der Waals surface area contributed by atoms with Crippen molar-refractivity contribution in [3.63, 3.8) is 0 Å². The second kappa shape index (κ2) is 10.4. The Kier molecular flexibility index (Phi) is 7.82. The highest BCUT2D eigenvalue weighted by Gasteiger charge is 2.25. The summed E-state index contributed by atoms with van der Waals surface area (Å²) in [5.41, 5.74) is -0.222. The molecule has 0 unspecified atom stereocenters. The van der Waals surface area contributed by atoms with Crippen LogP contribution in [0.3, 0.4) is 0 Å². The summed E-state index contributed by atoms with van der Waals surface area (Å²) >= 11 is 6.57. The Morgan fingerprint density at radius 2 is 2.00 bits per heavy atom. The number of carbonyl (C=O) groups is 1. The van der Waals surface area contributed by atoms with E-state index >= 15 is 0 Å². The third kappa shape index (κ3) is 5.33. The van der Waals surface area contributed by atoms with Crippen molar-refractivity contribution in [1.82, 2.24) is 9.66 Å². The lowest BCUT2D eigenvalue weighted by molar-refractivity contribution is -0.386. The van der Waals surface area contributed by atoms with Crippen molar-refractivity contribution in [3.05, 3.63) is 71.1 Å². The number of aromatic nitrogens is 2. The third-order valence-corrected chi connectivity index (χ3v) is 6.05. The average molecular weight is 596 g/mol. The molecule has 34 heavy (non-hydrogen) atoms. The molecule has 2 aromatic carbocycles. The van der Waals surface area contributed by atoms with E-state index in [1.54, 1.807) is 18.2 Å². The molecule has 12 heteroatoms. The molecule has 1 aromatic heterocycles. The largest absolute Gasteiger partial charge is 0.479 e. The molecule has 1 N–H and O–H groups in total. The first kappa shape index (κ1) is 25.5. The average Bonchev–Trinajstić information content (AvgIpc) is 2.78. The number of rotatable bonds is 8. The van der Waals surface area contributed by atoms with Crippen molar-refractivity contribution in [1.29, 1.82) is 0 Å². The van der Waals surface area contributed by atoms with E-state index in [1.165, 1.54) is 25.3 Å². The predicted molar refractivity (Wildman–Crippen MR) is 134 cm³/mol. The van der Waals surface area contributed by atoms with Gasteiger partial charge in [0.25, 0.3) is 5.56 Å². The number of nitrogens with zero attached hydrogens (tertiary/aromatic N) is 4.